The summed E-state index contributed by atoms with van der Waals surface area (Å²) in [7, 11) is 1.71. The number of likely N-dealkylation sites (N-methyl/N-ethyl adjacent to an activating group) is 1. The fraction of sp³-hybridized carbons (Fsp3) is 0.250. The molecule has 0 radical (unpaired) electrons. The smallest absolute Gasteiger partial charge is 0.179 e. The number of Topliss-reactive ketones (excluding diaryl/α,β-unsaturated/α-hetero) is 1. The Kier molecular flexibility index (Phi) is 2.75. The van der Waals surface area contributed by atoms with Crippen molar-refractivity contribution < 1.29 is 13.6 Å². The number of halogens is 1. The zero-order valence-electron chi connectivity index (χ0n) is 9.08. The minimum absolute atomic E-state index is 0.0648. The summed E-state index contributed by atoms with van der Waals surface area (Å²) in [6.45, 7) is 1.76. The van der Waals surface area contributed by atoms with Gasteiger partial charge in [0, 0.05) is 5.56 Å². The molecule has 1 atom stereocenters. The van der Waals surface area contributed by atoms with Gasteiger partial charge in [-0.3, -0.25) is 4.79 Å². The van der Waals surface area contributed by atoms with Crippen LogP contribution in [0.3, 0.4) is 0 Å². The van der Waals surface area contributed by atoms with E-state index in [2.05, 4.69) is 5.32 Å². The number of benzene rings is 1. The number of hydrogen-bond acceptors (Lipinski definition) is 3. The van der Waals surface area contributed by atoms with E-state index in [1.807, 2.05) is 0 Å². The van der Waals surface area contributed by atoms with Gasteiger partial charge in [0.2, 0.25) is 0 Å². The molecule has 1 heterocycles. The molecule has 1 unspecified atom stereocenters. The molecule has 3 nitrogen and oxygen atoms in total. The number of carbonyl (C=O) groups excluding carboxylic acids is 1. The van der Waals surface area contributed by atoms with Crippen molar-refractivity contribution in [3.8, 4) is 0 Å². The second-order valence-electron chi connectivity index (χ2n) is 3.67. The number of furan rings is 1. The third-order valence-electron chi connectivity index (χ3n) is 2.64. The first-order valence-electron chi connectivity index (χ1n) is 5.01. The molecule has 1 N–H and O–H groups in total. The topological polar surface area (TPSA) is 42.2 Å². The molecule has 0 amide bonds. The van der Waals surface area contributed by atoms with E-state index < -0.39 is 5.82 Å². The molecular weight excluding hydrogens is 209 g/mol. The first-order valence-corrected chi connectivity index (χ1v) is 5.01. The molecule has 0 aliphatic heterocycles. The van der Waals surface area contributed by atoms with E-state index in [0.717, 1.165) is 6.26 Å². The van der Waals surface area contributed by atoms with Crippen LogP contribution in [0.15, 0.2) is 28.9 Å². The highest BCUT2D eigenvalue weighted by atomic mass is 19.1. The Morgan fingerprint density at radius 1 is 1.50 bits per heavy atom. The zero-order chi connectivity index (χ0) is 11.7. The highest BCUT2D eigenvalue weighted by Gasteiger charge is 2.15. The summed E-state index contributed by atoms with van der Waals surface area (Å²) in [6.07, 6.45) is 1.04. The molecule has 84 valence electrons. The Hall–Kier alpha value is -1.68. The summed E-state index contributed by atoms with van der Waals surface area (Å²) in [4.78, 5) is 11.8. The molecule has 1 aromatic carbocycles. The molecule has 0 spiro atoms. The lowest BCUT2D eigenvalue weighted by Gasteiger charge is -2.08. The average molecular weight is 221 g/mol. The lowest BCUT2D eigenvalue weighted by atomic mass is 10.0. The standard InChI is InChI=1S/C12H12FNO2/c1-7(14-2)12(15)8-3-4-11-9(5-8)10(13)6-16-11/h3-7,14H,1-2H3. The fourth-order valence-corrected chi connectivity index (χ4v) is 1.53. The summed E-state index contributed by atoms with van der Waals surface area (Å²) in [5.41, 5.74) is 0.931. The Bertz CT molecular complexity index is 533. The van der Waals surface area contributed by atoms with Gasteiger partial charge in [-0.25, -0.2) is 4.39 Å². The Morgan fingerprint density at radius 2 is 2.25 bits per heavy atom. The first-order chi connectivity index (χ1) is 7.63. The molecule has 0 fully saturated rings. The van der Waals surface area contributed by atoms with Gasteiger partial charge in [-0.15, -0.1) is 0 Å². The highest BCUT2D eigenvalue weighted by Crippen LogP contribution is 2.21. The fourth-order valence-electron chi connectivity index (χ4n) is 1.53. The third-order valence-corrected chi connectivity index (χ3v) is 2.64. The maximum Gasteiger partial charge on any atom is 0.179 e. The van der Waals surface area contributed by atoms with Crippen molar-refractivity contribution >= 4 is 16.8 Å². The van der Waals surface area contributed by atoms with Crippen LogP contribution in [0.2, 0.25) is 0 Å². The molecule has 0 aliphatic rings. The zero-order valence-corrected chi connectivity index (χ0v) is 9.08. The molecule has 0 aliphatic carbocycles. The number of nitrogens with one attached hydrogen (secondary N) is 1. The van der Waals surface area contributed by atoms with Crippen LogP contribution in [0.1, 0.15) is 17.3 Å². The van der Waals surface area contributed by atoms with Crippen molar-refractivity contribution in [2.24, 2.45) is 0 Å². The van der Waals surface area contributed by atoms with Crippen molar-refractivity contribution in [1.29, 1.82) is 0 Å². The number of fused-ring (bicyclic) bond motifs is 1. The second-order valence-corrected chi connectivity index (χ2v) is 3.67. The lowest BCUT2D eigenvalue weighted by molar-refractivity contribution is 0.0955. The van der Waals surface area contributed by atoms with Crippen LogP contribution in [-0.2, 0) is 0 Å². The summed E-state index contributed by atoms with van der Waals surface area (Å²) >= 11 is 0. The van der Waals surface area contributed by atoms with E-state index in [4.69, 9.17) is 4.42 Å². The van der Waals surface area contributed by atoms with E-state index in [9.17, 15) is 9.18 Å². The number of rotatable bonds is 3. The lowest BCUT2D eigenvalue weighted by Crippen LogP contribution is -2.30. The summed E-state index contributed by atoms with van der Waals surface area (Å²) in [6, 6.07) is 4.48. The quantitative estimate of drug-likeness (QED) is 0.809. The SMILES string of the molecule is CNC(C)C(=O)c1ccc2occ(F)c2c1. The predicted octanol–water partition coefficient (Wildman–Crippen LogP) is 2.36. The van der Waals surface area contributed by atoms with Crippen LogP contribution < -0.4 is 5.32 Å². The summed E-state index contributed by atoms with van der Waals surface area (Å²) in [5, 5.41) is 3.19. The third kappa shape index (κ3) is 1.72. The van der Waals surface area contributed by atoms with Crippen LogP contribution in [0.25, 0.3) is 11.0 Å². The van der Waals surface area contributed by atoms with Crippen LogP contribution in [0.4, 0.5) is 4.39 Å². The van der Waals surface area contributed by atoms with Gasteiger partial charge in [-0.05, 0) is 32.2 Å². The summed E-state index contributed by atoms with van der Waals surface area (Å²) < 4.78 is 18.2. The van der Waals surface area contributed by atoms with E-state index in [0.29, 0.717) is 16.5 Å². The number of hydrogen-bond donors (Lipinski definition) is 1. The van der Waals surface area contributed by atoms with E-state index >= 15 is 0 Å². The van der Waals surface area contributed by atoms with Gasteiger partial charge in [0.1, 0.15) is 11.8 Å². The monoisotopic (exact) mass is 221 g/mol. The average Bonchev–Trinajstić information content (AvgIpc) is 2.68. The Balaban J connectivity index is 2.46. The van der Waals surface area contributed by atoms with Gasteiger partial charge in [0.15, 0.2) is 11.6 Å². The van der Waals surface area contributed by atoms with Crippen molar-refractivity contribution in [3.63, 3.8) is 0 Å². The largest absolute Gasteiger partial charge is 0.461 e. The molecule has 16 heavy (non-hydrogen) atoms. The minimum Gasteiger partial charge on any atom is -0.461 e. The van der Waals surface area contributed by atoms with Crippen LogP contribution in [-0.4, -0.2) is 18.9 Å². The molecule has 0 saturated heterocycles. The first kappa shape index (κ1) is 10.8. The van der Waals surface area contributed by atoms with Gasteiger partial charge in [0.05, 0.1) is 11.4 Å². The van der Waals surface area contributed by atoms with Gasteiger partial charge >= 0.3 is 0 Å². The number of ketones is 1. The number of carbonyl (C=O) groups is 1. The normalized spacial score (nSPS) is 12.9. The molecule has 4 heteroatoms. The molecule has 1 aromatic heterocycles. The van der Waals surface area contributed by atoms with E-state index in [1.54, 1.807) is 26.1 Å². The maximum atomic E-state index is 13.3. The Labute approximate surface area is 92.2 Å². The van der Waals surface area contributed by atoms with Gasteiger partial charge < -0.3 is 9.73 Å². The Morgan fingerprint density at radius 3 is 2.94 bits per heavy atom. The molecule has 0 bridgehead atoms. The highest BCUT2D eigenvalue weighted by molar-refractivity contribution is 6.02. The van der Waals surface area contributed by atoms with Crippen LogP contribution in [0, 0.1) is 5.82 Å². The maximum absolute atomic E-state index is 13.3. The van der Waals surface area contributed by atoms with E-state index in [1.165, 1.54) is 6.07 Å². The van der Waals surface area contributed by atoms with Crippen molar-refractivity contribution in [1.82, 2.24) is 5.32 Å². The van der Waals surface area contributed by atoms with E-state index in [-0.39, 0.29) is 11.8 Å². The van der Waals surface area contributed by atoms with Gasteiger partial charge in [-0.2, -0.15) is 0 Å². The van der Waals surface area contributed by atoms with Crippen molar-refractivity contribution in [2.75, 3.05) is 7.05 Å². The van der Waals surface area contributed by atoms with Gasteiger partial charge in [0.25, 0.3) is 0 Å². The van der Waals surface area contributed by atoms with Gasteiger partial charge in [-0.1, -0.05) is 0 Å². The minimum atomic E-state index is -0.443. The predicted molar refractivity (Wildman–Crippen MR) is 59.0 cm³/mol. The molecular formula is C12H12FNO2. The molecule has 2 aromatic rings. The van der Waals surface area contributed by atoms with Crippen molar-refractivity contribution in [2.45, 2.75) is 13.0 Å². The second kappa shape index (κ2) is 4.06. The van der Waals surface area contributed by atoms with Crippen LogP contribution in [0.5, 0.6) is 0 Å². The van der Waals surface area contributed by atoms with Crippen LogP contribution >= 0.6 is 0 Å². The summed E-state index contributed by atoms with van der Waals surface area (Å²) in [5.74, 6) is -0.508. The molecule has 2 rings (SSSR count). The van der Waals surface area contributed by atoms with Crippen molar-refractivity contribution in [3.05, 3.63) is 35.8 Å². The molecule has 0 saturated carbocycles.